The smallest absolute Gasteiger partial charge is 0.0472 e. The van der Waals surface area contributed by atoms with E-state index in [4.69, 9.17) is 4.74 Å². The van der Waals surface area contributed by atoms with Gasteiger partial charge in [-0.3, -0.25) is 0 Å². The third kappa shape index (κ3) is 8.23. The Morgan fingerprint density at radius 2 is 1.90 bits per heavy atom. The van der Waals surface area contributed by atoms with E-state index < -0.39 is 0 Å². The van der Waals surface area contributed by atoms with Gasteiger partial charge in [-0.1, -0.05) is 50.6 Å². The first-order valence-corrected chi connectivity index (χ1v) is 8.48. The second-order valence-corrected chi connectivity index (χ2v) is 6.40. The summed E-state index contributed by atoms with van der Waals surface area (Å²) in [6, 6.07) is 8.89. The molecular formula is C19H33NO. The normalized spacial score (nSPS) is 12.8. The average molecular weight is 291 g/mol. The van der Waals surface area contributed by atoms with Crippen LogP contribution in [0.15, 0.2) is 24.3 Å². The maximum absolute atomic E-state index is 5.81. The van der Waals surface area contributed by atoms with Crippen LogP contribution in [-0.4, -0.2) is 26.3 Å². The molecule has 120 valence electrons. The molecule has 0 saturated heterocycles. The summed E-state index contributed by atoms with van der Waals surface area (Å²) >= 11 is 0. The minimum atomic E-state index is 0.551. The zero-order valence-electron chi connectivity index (χ0n) is 14.3. The van der Waals surface area contributed by atoms with Crippen LogP contribution in [0.1, 0.15) is 57.1 Å². The van der Waals surface area contributed by atoms with Gasteiger partial charge in [-0.25, -0.2) is 0 Å². The largest absolute Gasteiger partial charge is 0.381 e. The zero-order chi connectivity index (χ0) is 15.5. The van der Waals surface area contributed by atoms with Gasteiger partial charge >= 0.3 is 0 Å². The van der Waals surface area contributed by atoms with Crippen LogP contribution in [0.5, 0.6) is 0 Å². The van der Waals surface area contributed by atoms with Crippen LogP contribution in [0, 0.1) is 12.8 Å². The highest BCUT2D eigenvalue weighted by atomic mass is 16.5. The monoisotopic (exact) mass is 291 g/mol. The molecule has 0 aliphatic rings. The Bertz CT molecular complexity index is 376. The zero-order valence-corrected chi connectivity index (χ0v) is 14.3. The summed E-state index contributed by atoms with van der Waals surface area (Å²) in [4.78, 5) is 0. The van der Waals surface area contributed by atoms with Crippen LogP contribution in [0.3, 0.4) is 0 Å². The van der Waals surface area contributed by atoms with Crippen molar-refractivity contribution in [1.82, 2.24) is 5.32 Å². The predicted octanol–water partition coefficient (Wildman–Crippen LogP) is 4.53. The molecule has 0 spiro atoms. The maximum atomic E-state index is 5.81. The van der Waals surface area contributed by atoms with Gasteiger partial charge in [0.2, 0.25) is 0 Å². The van der Waals surface area contributed by atoms with Crippen molar-refractivity contribution >= 4 is 0 Å². The lowest BCUT2D eigenvalue weighted by atomic mass is 9.94. The third-order valence-electron chi connectivity index (χ3n) is 3.78. The van der Waals surface area contributed by atoms with Gasteiger partial charge in [-0.05, 0) is 50.1 Å². The van der Waals surface area contributed by atoms with E-state index in [-0.39, 0.29) is 0 Å². The topological polar surface area (TPSA) is 21.3 Å². The van der Waals surface area contributed by atoms with Gasteiger partial charge in [0.05, 0.1) is 0 Å². The van der Waals surface area contributed by atoms with Gasteiger partial charge in [-0.15, -0.1) is 0 Å². The molecule has 0 aliphatic heterocycles. The van der Waals surface area contributed by atoms with Gasteiger partial charge in [0.25, 0.3) is 0 Å². The molecule has 0 aromatic heterocycles. The third-order valence-corrected chi connectivity index (χ3v) is 3.78. The van der Waals surface area contributed by atoms with E-state index in [1.165, 1.54) is 17.5 Å². The van der Waals surface area contributed by atoms with Crippen molar-refractivity contribution in [3.8, 4) is 0 Å². The molecular weight excluding hydrogens is 258 g/mol. The van der Waals surface area contributed by atoms with Crippen molar-refractivity contribution in [1.29, 1.82) is 0 Å². The molecule has 0 amide bonds. The second kappa shape index (κ2) is 10.8. The van der Waals surface area contributed by atoms with E-state index in [0.29, 0.717) is 5.92 Å². The minimum absolute atomic E-state index is 0.551. The summed E-state index contributed by atoms with van der Waals surface area (Å²) < 4.78 is 5.81. The van der Waals surface area contributed by atoms with Crippen molar-refractivity contribution in [2.75, 3.05) is 26.3 Å². The number of benzene rings is 1. The Kier molecular flexibility index (Phi) is 9.36. The Labute approximate surface area is 131 Å². The lowest BCUT2D eigenvalue weighted by Crippen LogP contribution is -2.23. The molecule has 0 fully saturated rings. The molecule has 0 heterocycles. The van der Waals surface area contributed by atoms with Crippen LogP contribution >= 0.6 is 0 Å². The summed E-state index contributed by atoms with van der Waals surface area (Å²) in [7, 11) is 0. The van der Waals surface area contributed by atoms with E-state index in [2.05, 4.69) is 57.3 Å². The highest BCUT2D eigenvalue weighted by Crippen LogP contribution is 2.20. The molecule has 1 aromatic rings. The van der Waals surface area contributed by atoms with Crippen LogP contribution < -0.4 is 5.32 Å². The second-order valence-electron chi connectivity index (χ2n) is 6.40. The molecule has 1 rings (SSSR count). The fourth-order valence-electron chi connectivity index (χ4n) is 2.41. The van der Waals surface area contributed by atoms with E-state index >= 15 is 0 Å². The van der Waals surface area contributed by atoms with E-state index in [9.17, 15) is 0 Å². The van der Waals surface area contributed by atoms with Gasteiger partial charge < -0.3 is 10.1 Å². The lowest BCUT2D eigenvalue weighted by molar-refractivity contribution is 0.116. The molecule has 0 saturated carbocycles. The summed E-state index contributed by atoms with van der Waals surface area (Å²) in [5.41, 5.74) is 2.78. The summed E-state index contributed by atoms with van der Waals surface area (Å²) in [5.74, 6) is 1.28. The van der Waals surface area contributed by atoms with Gasteiger partial charge in [0.15, 0.2) is 0 Å². The van der Waals surface area contributed by atoms with Crippen molar-refractivity contribution in [3.63, 3.8) is 0 Å². The van der Waals surface area contributed by atoms with Gasteiger partial charge in [0, 0.05) is 19.8 Å². The van der Waals surface area contributed by atoms with E-state index in [0.717, 1.165) is 45.1 Å². The minimum Gasteiger partial charge on any atom is -0.381 e. The van der Waals surface area contributed by atoms with E-state index in [1.54, 1.807) is 0 Å². The fraction of sp³-hybridized carbons (Fsp3) is 0.684. The van der Waals surface area contributed by atoms with Gasteiger partial charge in [0.1, 0.15) is 0 Å². The fourth-order valence-corrected chi connectivity index (χ4v) is 2.41. The number of rotatable bonds is 11. The Morgan fingerprint density at radius 3 is 2.57 bits per heavy atom. The standard InChI is InChI=1S/C19H33NO/c1-5-11-20-15-19(10-13-21-12-9-16(2)3)18-8-6-7-17(4)14-18/h6-8,14,16,19-20H,5,9-13,15H2,1-4H3. The van der Waals surface area contributed by atoms with Crippen molar-refractivity contribution in [3.05, 3.63) is 35.4 Å². The van der Waals surface area contributed by atoms with Crippen LogP contribution in [0.25, 0.3) is 0 Å². The maximum Gasteiger partial charge on any atom is 0.0472 e. The molecule has 1 N–H and O–H groups in total. The highest BCUT2D eigenvalue weighted by molar-refractivity contribution is 5.25. The summed E-state index contributed by atoms with van der Waals surface area (Å²) in [5, 5.41) is 3.56. The Hall–Kier alpha value is -0.860. The molecule has 1 atom stereocenters. The van der Waals surface area contributed by atoms with Crippen LogP contribution in [0.2, 0.25) is 0 Å². The molecule has 1 unspecified atom stereocenters. The summed E-state index contributed by atoms with van der Waals surface area (Å²) in [6.45, 7) is 12.8. The number of aryl methyl sites for hydroxylation is 1. The Morgan fingerprint density at radius 1 is 1.14 bits per heavy atom. The molecule has 0 aliphatic carbocycles. The SMILES string of the molecule is CCCNCC(CCOCCC(C)C)c1cccc(C)c1. The number of hydrogen-bond acceptors (Lipinski definition) is 2. The van der Waals surface area contributed by atoms with Gasteiger partial charge in [-0.2, -0.15) is 0 Å². The predicted molar refractivity (Wildman–Crippen MR) is 92.0 cm³/mol. The molecule has 0 bridgehead atoms. The molecule has 21 heavy (non-hydrogen) atoms. The van der Waals surface area contributed by atoms with Crippen molar-refractivity contribution < 1.29 is 4.74 Å². The number of hydrogen-bond donors (Lipinski definition) is 1. The quantitative estimate of drug-likeness (QED) is 0.605. The van der Waals surface area contributed by atoms with Crippen LogP contribution in [0.4, 0.5) is 0 Å². The van der Waals surface area contributed by atoms with Crippen molar-refractivity contribution in [2.45, 2.75) is 52.9 Å². The first-order chi connectivity index (χ1) is 10.1. The first kappa shape index (κ1) is 18.2. The molecule has 2 heteroatoms. The Balaban J connectivity index is 2.44. The van der Waals surface area contributed by atoms with Crippen LogP contribution in [-0.2, 0) is 4.74 Å². The van der Waals surface area contributed by atoms with E-state index in [1.807, 2.05) is 0 Å². The lowest BCUT2D eigenvalue weighted by Gasteiger charge is -2.19. The highest BCUT2D eigenvalue weighted by Gasteiger charge is 2.11. The molecule has 0 radical (unpaired) electrons. The molecule has 2 nitrogen and oxygen atoms in total. The first-order valence-electron chi connectivity index (χ1n) is 8.48. The number of ether oxygens (including phenoxy) is 1. The molecule has 1 aromatic carbocycles. The summed E-state index contributed by atoms with van der Waals surface area (Å²) in [6.07, 6.45) is 3.44. The van der Waals surface area contributed by atoms with Crippen molar-refractivity contribution in [2.24, 2.45) is 5.92 Å². The number of nitrogens with one attached hydrogen (secondary N) is 1. The average Bonchev–Trinajstić information content (AvgIpc) is 2.45.